The van der Waals surface area contributed by atoms with Crippen molar-refractivity contribution in [3.8, 4) is 11.3 Å². The van der Waals surface area contributed by atoms with Gasteiger partial charge in [0.25, 0.3) is 0 Å². The van der Waals surface area contributed by atoms with Crippen LogP contribution >= 0.6 is 11.3 Å². The molecule has 1 saturated heterocycles. The van der Waals surface area contributed by atoms with Gasteiger partial charge < -0.3 is 4.57 Å². The summed E-state index contributed by atoms with van der Waals surface area (Å²) >= 11 is 1.60. The first-order valence-electron chi connectivity index (χ1n) is 12.9. The van der Waals surface area contributed by atoms with Gasteiger partial charge in [-0.1, -0.05) is 72.5 Å². The van der Waals surface area contributed by atoms with Gasteiger partial charge in [-0.05, 0) is 62.1 Å². The normalized spacial score (nSPS) is 15.6. The highest BCUT2D eigenvalue weighted by molar-refractivity contribution is 7.89. The second-order valence-corrected chi connectivity index (χ2v) is 12.5. The zero-order chi connectivity index (χ0) is 25.8. The van der Waals surface area contributed by atoms with Crippen LogP contribution in [0.4, 0.5) is 5.69 Å². The SMILES string of the molecule is Cc1ccc(Cn2c(-c3ccc(S(=O)(=O)N4CCCCCC4)cc3)csc2=Nc2ccc(C)cc2)cc1. The maximum absolute atomic E-state index is 13.3. The summed E-state index contributed by atoms with van der Waals surface area (Å²) in [5, 5.41) is 2.11. The van der Waals surface area contributed by atoms with E-state index in [0.717, 1.165) is 47.4 Å². The Balaban J connectivity index is 1.52. The van der Waals surface area contributed by atoms with E-state index in [1.54, 1.807) is 27.8 Å². The third-order valence-electron chi connectivity index (χ3n) is 6.87. The van der Waals surface area contributed by atoms with Gasteiger partial charge in [0.1, 0.15) is 0 Å². The molecule has 5 rings (SSSR count). The Kier molecular flexibility index (Phi) is 7.74. The van der Waals surface area contributed by atoms with Crippen LogP contribution in [0.3, 0.4) is 0 Å². The molecule has 1 aliphatic rings. The first-order chi connectivity index (χ1) is 17.9. The first-order valence-corrected chi connectivity index (χ1v) is 15.2. The highest BCUT2D eigenvalue weighted by Crippen LogP contribution is 2.26. The number of benzene rings is 3. The largest absolute Gasteiger partial charge is 0.312 e. The van der Waals surface area contributed by atoms with E-state index < -0.39 is 10.0 Å². The summed E-state index contributed by atoms with van der Waals surface area (Å²) in [7, 11) is -3.48. The molecule has 5 nitrogen and oxygen atoms in total. The minimum Gasteiger partial charge on any atom is -0.312 e. The molecule has 0 aliphatic carbocycles. The lowest BCUT2D eigenvalue weighted by atomic mass is 10.1. The third-order valence-corrected chi connectivity index (χ3v) is 9.65. The molecular weight excluding hydrogens is 498 g/mol. The summed E-state index contributed by atoms with van der Waals surface area (Å²) < 4.78 is 30.4. The summed E-state index contributed by atoms with van der Waals surface area (Å²) in [6.45, 7) is 6.05. The molecule has 1 aliphatic heterocycles. The molecule has 3 aromatic carbocycles. The third kappa shape index (κ3) is 5.95. The van der Waals surface area contributed by atoms with E-state index in [9.17, 15) is 8.42 Å². The molecule has 2 heterocycles. The maximum atomic E-state index is 13.3. The molecule has 0 amide bonds. The Morgan fingerprint density at radius 3 is 2.00 bits per heavy atom. The minimum absolute atomic E-state index is 0.364. The summed E-state index contributed by atoms with van der Waals surface area (Å²) in [4.78, 5) is 6.22. The van der Waals surface area contributed by atoms with E-state index in [1.807, 2.05) is 24.3 Å². The maximum Gasteiger partial charge on any atom is 0.243 e. The van der Waals surface area contributed by atoms with E-state index in [4.69, 9.17) is 4.99 Å². The number of thiazole rings is 1. The van der Waals surface area contributed by atoms with E-state index >= 15 is 0 Å². The molecule has 1 fully saturated rings. The van der Waals surface area contributed by atoms with Crippen molar-refractivity contribution in [1.82, 2.24) is 8.87 Å². The van der Waals surface area contributed by atoms with Crippen LogP contribution in [0, 0.1) is 13.8 Å². The van der Waals surface area contributed by atoms with Gasteiger partial charge in [0.2, 0.25) is 10.0 Å². The lowest BCUT2D eigenvalue weighted by Crippen LogP contribution is -2.31. The molecule has 7 heteroatoms. The van der Waals surface area contributed by atoms with Gasteiger partial charge in [-0.25, -0.2) is 13.4 Å². The Morgan fingerprint density at radius 1 is 0.784 bits per heavy atom. The summed E-state index contributed by atoms with van der Waals surface area (Å²) in [6, 6.07) is 24.1. The summed E-state index contributed by atoms with van der Waals surface area (Å²) in [6.07, 6.45) is 4.05. The van der Waals surface area contributed by atoms with Crippen molar-refractivity contribution in [3.63, 3.8) is 0 Å². The van der Waals surface area contributed by atoms with E-state index in [0.29, 0.717) is 24.5 Å². The predicted molar refractivity (Wildman–Crippen MR) is 152 cm³/mol. The molecule has 0 bridgehead atoms. The fraction of sp³-hybridized carbons (Fsp3) is 0.300. The lowest BCUT2D eigenvalue weighted by molar-refractivity contribution is 0.424. The van der Waals surface area contributed by atoms with Gasteiger partial charge in [0.15, 0.2) is 4.80 Å². The monoisotopic (exact) mass is 531 g/mol. The molecule has 37 heavy (non-hydrogen) atoms. The smallest absolute Gasteiger partial charge is 0.243 e. The van der Waals surface area contributed by atoms with Crippen LogP contribution in [0.15, 0.2) is 88.1 Å². The van der Waals surface area contributed by atoms with E-state index in [1.165, 1.54) is 16.7 Å². The summed E-state index contributed by atoms with van der Waals surface area (Å²) in [5.74, 6) is 0. The fourth-order valence-corrected chi connectivity index (χ4v) is 7.08. The Labute approximate surface area is 223 Å². The zero-order valence-electron chi connectivity index (χ0n) is 21.4. The number of hydrogen-bond donors (Lipinski definition) is 0. The summed E-state index contributed by atoms with van der Waals surface area (Å²) in [5.41, 5.74) is 6.53. The number of sulfonamides is 1. The van der Waals surface area contributed by atoms with Crippen LogP contribution in [0.5, 0.6) is 0 Å². The molecule has 0 unspecified atom stereocenters. The van der Waals surface area contributed by atoms with Gasteiger partial charge >= 0.3 is 0 Å². The second kappa shape index (κ2) is 11.2. The molecule has 0 N–H and O–H groups in total. The van der Waals surface area contributed by atoms with Crippen molar-refractivity contribution in [2.75, 3.05) is 13.1 Å². The van der Waals surface area contributed by atoms with Crippen LogP contribution in [0.25, 0.3) is 11.3 Å². The van der Waals surface area contributed by atoms with Gasteiger partial charge in [-0.15, -0.1) is 11.3 Å². The molecule has 192 valence electrons. The van der Waals surface area contributed by atoms with Crippen molar-refractivity contribution in [3.05, 3.63) is 99.7 Å². The van der Waals surface area contributed by atoms with Crippen molar-refractivity contribution < 1.29 is 8.42 Å². The zero-order valence-corrected chi connectivity index (χ0v) is 23.1. The first kappa shape index (κ1) is 25.6. The number of nitrogens with zero attached hydrogens (tertiary/aromatic N) is 3. The number of rotatable bonds is 6. The van der Waals surface area contributed by atoms with Crippen molar-refractivity contribution in [2.24, 2.45) is 4.99 Å². The van der Waals surface area contributed by atoms with Gasteiger partial charge in [-0.2, -0.15) is 4.31 Å². The van der Waals surface area contributed by atoms with Crippen LogP contribution in [0.1, 0.15) is 42.4 Å². The Morgan fingerprint density at radius 2 is 1.38 bits per heavy atom. The average Bonchev–Trinajstić information content (AvgIpc) is 3.09. The molecule has 1 aromatic heterocycles. The Bertz CT molecular complexity index is 1510. The highest BCUT2D eigenvalue weighted by atomic mass is 32.2. The average molecular weight is 532 g/mol. The second-order valence-electron chi connectivity index (χ2n) is 9.77. The van der Waals surface area contributed by atoms with Gasteiger partial charge in [0.05, 0.1) is 22.8 Å². The number of aryl methyl sites for hydroxylation is 2. The highest BCUT2D eigenvalue weighted by Gasteiger charge is 2.25. The van der Waals surface area contributed by atoms with Crippen molar-refractivity contribution in [2.45, 2.75) is 51.0 Å². The Hall–Kier alpha value is -3.00. The molecule has 0 atom stereocenters. The molecule has 4 aromatic rings. The molecule has 0 spiro atoms. The molecule has 0 radical (unpaired) electrons. The van der Waals surface area contributed by atoms with Crippen LogP contribution < -0.4 is 4.80 Å². The quantitative estimate of drug-likeness (QED) is 0.279. The fourth-order valence-electron chi connectivity index (χ4n) is 4.64. The van der Waals surface area contributed by atoms with Crippen LogP contribution in [0.2, 0.25) is 0 Å². The van der Waals surface area contributed by atoms with Crippen molar-refractivity contribution in [1.29, 1.82) is 0 Å². The van der Waals surface area contributed by atoms with Crippen molar-refractivity contribution >= 4 is 27.0 Å². The van der Waals surface area contributed by atoms with E-state index in [2.05, 4.69) is 60.2 Å². The van der Waals surface area contributed by atoms with Gasteiger partial charge in [-0.3, -0.25) is 0 Å². The van der Waals surface area contributed by atoms with Crippen LogP contribution in [-0.4, -0.2) is 30.4 Å². The number of aromatic nitrogens is 1. The molecular formula is C30H33N3O2S2. The number of hydrogen-bond acceptors (Lipinski definition) is 4. The van der Waals surface area contributed by atoms with Gasteiger partial charge in [0, 0.05) is 18.5 Å². The lowest BCUT2D eigenvalue weighted by Gasteiger charge is -2.20. The van der Waals surface area contributed by atoms with E-state index in [-0.39, 0.29) is 0 Å². The minimum atomic E-state index is -3.48. The topological polar surface area (TPSA) is 54.7 Å². The standard InChI is InChI=1S/C30H33N3O2S2/c1-23-7-11-25(12-8-23)21-33-29(22-36-30(33)31-27-15-9-24(2)10-16-27)26-13-17-28(18-14-26)37(34,35)32-19-5-3-4-6-20-32/h7-18,22H,3-6,19-21H2,1-2H3. The predicted octanol–water partition coefficient (Wildman–Crippen LogP) is 6.68. The van der Waals surface area contributed by atoms with Crippen LogP contribution in [-0.2, 0) is 16.6 Å². The molecule has 0 saturated carbocycles.